The highest BCUT2D eigenvalue weighted by molar-refractivity contribution is 5.42. The molecule has 1 aliphatic rings. The Bertz CT molecular complexity index is 436. The molecule has 112 valence electrons. The zero-order chi connectivity index (χ0) is 14.5. The van der Waals surface area contributed by atoms with Crippen molar-refractivity contribution < 1.29 is 9.47 Å². The fraction of sp³-hybridized carbons (Fsp3) is 0.625. The SMILES string of the molecule is CCC1CN(Cc2ccc(OC)c(OC)c2)C(C)CN1. The van der Waals surface area contributed by atoms with E-state index in [0.29, 0.717) is 12.1 Å². The molecule has 1 aromatic rings. The molecule has 1 heterocycles. The van der Waals surface area contributed by atoms with Crippen molar-refractivity contribution in [2.24, 2.45) is 0 Å². The third kappa shape index (κ3) is 3.44. The second-order valence-corrected chi connectivity index (χ2v) is 5.48. The minimum atomic E-state index is 0.561. The molecule has 4 heteroatoms. The predicted molar refractivity (Wildman–Crippen MR) is 81.5 cm³/mol. The van der Waals surface area contributed by atoms with Crippen LogP contribution in [0.3, 0.4) is 0 Å². The summed E-state index contributed by atoms with van der Waals surface area (Å²) in [6.45, 7) is 7.64. The number of nitrogens with one attached hydrogen (secondary N) is 1. The molecule has 2 rings (SSSR count). The van der Waals surface area contributed by atoms with E-state index in [1.807, 2.05) is 6.07 Å². The standard InChI is InChI=1S/C16H26N2O2/c1-5-14-11-18(12(2)9-17-14)10-13-6-7-15(19-3)16(8-13)20-4/h6-8,12,14,17H,5,9-11H2,1-4H3. The third-order valence-corrected chi connectivity index (χ3v) is 4.11. The molecule has 0 spiro atoms. The van der Waals surface area contributed by atoms with Crippen molar-refractivity contribution in [2.75, 3.05) is 27.3 Å². The van der Waals surface area contributed by atoms with Crippen molar-refractivity contribution in [1.29, 1.82) is 0 Å². The van der Waals surface area contributed by atoms with Crippen molar-refractivity contribution in [2.45, 2.75) is 38.9 Å². The number of hydrogen-bond acceptors (Lipinski definition) is 4. The summed E-state index contributed by atoms with van der Waals surface area (Å²) >= 11 is 0. The van der Waals surface area contributed by atoms with Crippen LogP contribution >= 0.6 is 0 Å². The van der Waals surface area contributed by atoms with Crippen LogP contribution in [-0.4, -0.2) is 44.3 Å². The van der Waals surface area contributed by atoms with E-state index in [1.165, 1.54) is 12.0 Å². The van der Waals surface area contributed by atoms with Gasteiger partial charge in [-0.15, -0.1) is 0 Å². The highest BCUT2D eigenvalue weighted by Crippen LogP contribution is 2.28. The van der Waals surface area contributed by atoms with Crippen LogP contribution in [0.2, 0.25) is 0 Å². The minimum Gasteiger partial charge on any atom is -0.493 e. The van der Waals surface area contributed by atoms with E-state index in [2.05, 4.69) is 36.2 Å². The maximum atomic E-state index is 5.38. The van der Waals surface area contributed by atoms with Crippen molar-refractivity contribution >= 4 is 0 Å². The number of rotatable bonds is 5. The zero-order valence-corrected chi connectivity index (χ0v) is 13.0. The second-order valence-electron chi connectivity index (χ2n) is 5.48. The molecule has 20 heavy (non-hydrogen) atoms. The first-order valence-corrected chi connectivity index (χ1v) is 7.36. The van der Waals surface area contributed by atoms with Gasteiger partial charge < -0.3 is 14.8 Å². The van der Waals surface area contributed by atoms with Crippen LogP contribution in [0.25, 0.3) is 0 Å². The van der Waals surface area contributed by atoms with Crippen LogP contribution in [-0.2, 0) is 6.54 Å². The van der Waals surface area contributed by atoms with Gasteiger partial charge in [0, 0.05) is 31.7 Å². The third-order valence-electron chi connectivity index (χ3n) is 4.11. The van der Waals surface area contributed by atoms with E-state index in [4.69, 9.17) is 9.47 Å². The molecule has 0 aliphatic carbocycles. The molecular weight excluding hydrogens is 252 g/mol. The molecule has 4 nitrogen and oxygen atoms in total. The van der Waals surface area contributed by atoms with Gasteiger partial charge in [0.05, 0.1) is 14.2 Å². The van der Waals surface area contributed by atoms with Crippen LogP contribution < -0.4 is 14.8 Å². The molecule has 2 unspecified atom stereocenters. The summed E-state index contributed by atoms with van der Waals surface area (Å²) < 4.78 is 10.7. The lowest BCUT2D eigenvalue weighted by atomic mass is 10.1. The summed E-state index contributed by atoms with van der Waals surface area (Å²) in [4.78, 5) is 2.53. The molecule has 0 saturated carbocycles. The van der Waals surface area contributed by atoms with Crippen LogP contribution in [0.4, 0.5) is 0 Å². The summed E-state index contributed by atoms with van der Waals surface area (Å²) in [5, 5.41) is 3.59. The van der Waals surface area contributed by atoms with E-state index in [0.717, 1.165) is 31.1 Å². The number of piperazine rings is 1. The Morgan fingerprint density at radius 2 is 2.00 bits per heavy atom. The predicted octanol–water partition coefficient (Wildman–Crippen LogP) is 2.28. The lowest BCUT2D eigenvalue weighted by molar-refractivity contribution is 0.131. The summed E-state index contributed by atoms with van der Waals surface area (Å²) in [5.41, 5.74) is 1.27. The first kappa shape index (κ1) is 15.1. The van der Waals surface area contributed by atoms with Gasteiger partial charge in [0.2, 0.25) is 0 Å². The van der Waals surface area contributed by atoms with Gasteiger partial charge in [0.15, 0.2) is 11.5 Å². The van der Waals surface area contributed by atoms with Gasteiger partial charge in [0.25, 0.3) is 0 Å². The quantitative estimate of drug-likeness (QED) is 0.896. The molecule has 0 aromatic heterocycles. The number of methoxy groups -OCH3 is 2. The molecule has 2 atom stereocenters. The molecule has 1 aliphatic heterocycles. The number of hydrogen-bond donors (Lipinski definition) is 1. The molecule has 1 aromatic carbocycles. The Kier molecular flexibility index (Phi) is 5.26. The first-order chi connectivity index (χ1) is 9.67. The molecular formula is C16H26N2O2. The van der Waals surface area contributed by atoms with Crippen LogP contribution in [0.1, 0.15) is 25.8 Å². The van der Waals surface area contributed by atoms with Crippen LogP contribution in [0.15, 0.2) is 18.2 Å². The van der Waals surface area contributed by atoms with Gasteiger partial charge in [-0.3, -0.25) is 4.90 Å². The fourth-order valence-electron chi connectivity index (χ4n) is 2.70. The lowest BCUT2D eigenvalue weighted by Gasteiger charge is -2.38. The Labute approximate surface area is 122 Å². The first-order valence-electron chi connectivity index (χ1n) is 7.36. The summed E-state index contributed by atoms with van der Waals surface area (Å²) in [7, 11) is 3.35. The number of benzene rings is 1. The molecule has 1 N–H and O–H groups in total. The maximum absolute atomic E-state index is 5.38. The Balaban J connectivity index is 2.08. The van der Waals surface area contributed by atoms with Crippen LogP contribution in [0, 0.1) is 0 Å². The van der Waals surface area contributed by atoms with Gasteiger partial charge >= 0.3 is 0 Å². The topological polar surface area (TPSA) is 33.7 Å². The number of nitrogens with zero attached hydrogens (tertiary/aromatic N) is 1. The van der Waals surface area contributed by atoms with E-state index in [1.54, 1.807) is 14.2 Å². The highest BCUT2D eigenvalue weighted by atomic mass is 16.5. The normalized spacial score (nSPS) is 23.6. The van der Waals surface area contributed by atoms with Gasteiger partial charge in [-0.25, -0.2) is 0 Å². The summed E-state index contributed by atoms with van der Waals surface area (Å²) in [6, 6.07) is 7.35. The van der Waals surface area contributed by atoms with E-state index >= 15 is 0 Å². The molecule has 1 fully saturated rings. The monoisotopic (exact) mass is 278 g/mol. The van der Waals surface area contributed by atoms with Crippen molar-refractivity contribution in [3.63, 3.8) is 0 Å². The van der Waals surface area contributed by atoms with E-state index in [9.17, 15) is 0 Å². The zero-order valence-electron chi connectivity index (χ0n) is 13.0. The smallest absolute Gasteiger partial charge is 0.161 e. The van der Waals surface area contributed by atoms with Crippen LogP contribution in [0.5, 0.6) is 11.5 Å². The Morgan fingerprint density at radius 3 is 2.65 bits per heavy atom. The van der Waals surface area contributed by atoms with E-state index in [-0.39, 0.29) is 0 Å². The molecule has 0 bridgehead atoms. The van der Waals surface area contributed by atoms with Crippen molar-refractivity contribution in [1.82, 2.24) is 10.2 Å². The second kappa shape index (κ2) is 6.95. The van der Waals surface area contributed by atoms with E-state index < -0.39 is 0 Å². The van der Waals surface area contributed by atoms with Crippen molar-refractivity contribution in [3.8, 4) is 11.5 Å². The molecule has 0 amide bonds. The Morgan fingerprint density at radius 1 is 1.25 bits per heavy atom. The summed E-state index contributed by atoms with van der Waals surface area (Å²) in [6.07, 6.45) is 1.18. The van der Waals surface area contributed by atoms with Gasteiger partial charge in [-0.2, -0.15) is 0 Å². The number of ether oxygens (including phenoxy) is 2. The minimum absolute atomic E-state index is 0.561. The average Bonchev–Trinajstić information content (AvgIpc) is 2.49. The maximum Gasteiger partial charge on any atom is 0.161 e. The molecule has 0 radical (unpaired) electrons. The van der Waals surface area contributed by atoms with Gasteiger partial charge in [-0.1, -0.05) is 13.0 Å². The Hall–Kier alpha value is -1.26. The molecule has 1 saturated heterocycles. The largest absolute Gasteiger partial charge is 0.493 e. The van der Waals surface area contributed by atoms with Crippen molar-refractivity contribution in [3.05, 3.63) is 23.8 Å². The summed E-state index contributed by atoms with van der Waals surface area (Å²) in [5.74, 6) is 1.59. The highest BCUT2D eigenvalue weighted by Gasteiger charge is 2.23. The fourth-order valence-corrected chi connectivity index (χ4v) is 2.70. The van der Waals surface area contributed by atoms with Gasteiger partial charge in [-0.05, 0) is 31.0 Å². The average molecular weight is 278 g/mol. The lowest BCUT2D eigenvalue weighted by Crippen LogP contribution is -2.54. The van der Waals surface area contributed by atoms with Gasteiger partial charge in [0.1, 0.15) is 0 Å².